The number of carbonyl (C=O) groups excluding carboxylic acids is 1. The lowest BCUT2D eigenvalue weighted by atomic mass is 9.43. The van der Waals surface area contributed by atoms with E-state index in [1.165, 1.54) is 64.2 Å². The quantitative estimate of drug-likeness (QED) is 0.401. The second-order valence-corrected chi connectivity index (χ2v) is 14.0. The summed E-state index contributed by atoms with van der Waals surface area (Å²) in [5.41, 5.74) is 1.01. The van der Waals surface area contributed by atoms with E-state index in [1.54, 1.807) is 0 Å². The molecule has 32 heavy (non-hydrogen) atoms. The molecule has 2 heteroatoms. The Morgan fingerprint density at radius 1 is 0.875 bits per heavy atom. The first-order valence-electron chi connectivity index (χ1n) is 14.4. The summed E-state index contributed by atoms with van der Waals surface area (Å²) in [6.07, 6.45) is 18.3. The predicted molar refractivity (Wildman–Crippen MR) is 131 cm³/mol. The van der Waals surface area contributed by atoms with E-state index in [-0.39, 0.29) is 11.6 Å². The van der Waals surface area contributed by atoms with Crippen molar-refractivity contribution >= 4 is 5.97 Å². The molecule has 5 fully saturated rings. The standard InChI is InChI=1S/C30H50O2/c1-20(2)7-6-8-21(3)24-11-12-25-23-10-9-22-19-30(16-14-27(31)32-30)18-17-28(22,4)26(23)13-15-29(24,25)5/h20-26H,6-19H2,1-5H3/t21-,22+,23+,24-,25+,26+,28+,29-,30-/m1/s1. The lowest BCUT2D eigenvalue weighted by Crippen LogP contribution is -2.56. The highest BCUT2D eigenvalue weighted by molar-refractivity contribution is 5.72. The largest absolute Gasteiger partial charge is 0.459 e. The van der Waals surface area contributed by atoms with Crippen molar-refractivity contribution < 1.29 is 9.53 Å². The lowest BCUT2D eigenvalue weighted by molar-refractivity contribution is -0.171. The van der Waals surface area contributed by atoms with E-state index in [4.69, 9.17) is 4.74 Å². The fourth-order valence-electron chi connectivity index (χ4n) is 10.3. The molecular weight excluding hydrogens is 392 g/mol. The normalized spacial score (nSPS) is 48.9. The van der Waals surface area contributed by atoms with Crippen LogP contribution in [0.5, 0.6) is 0 Å². The van der Waals surface area contributed by atoms with Gasteiger partial charge in [-0.15, -0.1) is 0 Å². The highest BCUT2D eigenvalue weighted by Crippen LogP contribution is 2.69. The van der Waals surface area contributed by atoms with Gasteiger partial charge >= 0.3 is 5.97 Å². The molecule has 9 atom stereocenters. The van der Waals surface area contributed by atoms with Crippen molar-refractivity contribution in [3.8, 4) is 0 Å². The lowest BCUT2D eigenvalue weighted by Gasteiger charge is -2.62. The minimum absolute atomic E-state index is 0.0650. The molecule has 5 rings (SSSR count). The van der Waals surface area contributed by atoms with Crippen molar-refractivity contribution in [2.75, 3.05) is 0 Å². The minimum Gasteiger partial charge on any atom is -0.459 e. The number of ether oxygens (including phenoxy) is 1. The molecule has 182 valence electrons. The molecule has 0 N–H and O–H groups in total. The highest BCUT2D eigenvalue weighted by Gasteiger charge is 2.62. The Hall–Kier alpha value is -0.530. The van der Waals surface area contributed by atoms with Crippen LogP contribution in [0.4, 0.5) is 0 Å². The van der Waals surface area contributed by atoms with E-state index in [9.17, 15) is 4.79 Å². The van der Waals surface area contributed by atoms with Gasteiger partial charge < -0.3 is 4.74 Å². The summed E-state index contributed by atoms with van der Waals surface area (Å²) in [6, 6.07) is 0. The minimum atomic E-state index is -0.0822. The van der Waals surface area contributed by atoms with Gasteiger partial charge in [0.25, 0.3) is 0 Å². The molecule has 1 heterocycles. The zero-order valence-electron chi connectivity index (χ0n) is 21.8. The van der Waals surface area contributed by atoms with Gasteiger partial charge in [0.2, 0.25) is 0 Å². The predicted octanol–water partition coefficient (Wildman–Crippen LogP) is 8.18. The molecule has 0 aromatic heterocycles. The first kappa shape index (κ1) is 23.2. The summed E-state index contributed by atoms with van der Waals surface area (Å²) in [5.74, 6) is 6.40. The molecule has 1 spiro atoms. The summed E-state index contributed by atoms with van der Waals surface area (Å²) < 4.78 is 5.95. The van der Waals surface area contributed by atoms with E-state index >= 15 is 0 Å². The first-order chi connectivity index (χ1) is 15.2. The molecule has 0 aromatic rings. The molecular formula is C30H50O2. The molecule has 2 nitrogen and oxygen atoms in total. The van der Waals surface area contributed by atoms with E-state index in [0.29, 0.717) is 17.3 Å². The summed E-state index contributed by atoms with van der Waals surface area (Å²) in [4.78, 5) is 11.9. The monoisotopic (exact) mass is 442 g/mol. The molecule has 0 bridgehead atoms. The maximum atomic E-state index is 11.9. The zero-order valence-corrected chi connectivity index (χ0v) is 21.8. The van der Waals surface area contributed by atoms with Gasteiger partial charge in [-0.3, -0.25) is 4.79 Å². The summed E-state index contributed by atoms with van der Waals surface area (Å²) in [5, 5.41) is 0. The molecule has 1 aliphatic heterocycles. The Labute approximate surface area is 198 Å². The maximum absolute atomic E-state index is 11.9. The van der Waals surface area contributed by atoms with Crippen LogP contribution in [0.3, 0.4) is 0 Å². The van der Waals surface area contributed by atoms with Gasteiger partial charge in [0, 0.05) is 6.42 Å². The molecule has 4 aliphatic carbocycles. The average Bonchev–Trinajstić information content (AvgIpc) is 3.28. The maximum Gasteiger partial charge on any atom is 0.306 e. The summed E-state index contributed by atoms with van der Waals surface area (Å²) in [6.45, 7) is 12.7. The molecule has 0 aromatic carbocycles. The fraction of sp³-hybridized carbons (Fsp3) is 0.967. The average molecular weight is 443 g/mol. The van der Waals surface area contributed by atoms with Crippen LogP contribution < -0.4 is 0 Å². The first-order valence-corrected chi connectivity index (χ1v) is 14.4. The van der Waals surface area contributed by atoms with Crippen molar-refractivity contribution in [3.63, 3.8) is 0 Å². The van der Waals surface area contributed by atoms with Gasteiger partial charge in [-0.1, -0.05) is 53.9 Å². The Morgan fingerprint density at radius 2 is 1.66 bits per heavy atom. The van der Waals surface area contributed by atoms with Gasteiger partial charge in [0.05, 0.1) is 0 Å². The van der Waals surface area contributed by atoms with Crippen LogP contribution in [0, 0.1) is 52.3 Å². The second-order valence-electron chi connectivity index (χ2n) is 14.0. The topological polar surface area (TPSA) is 26.3 Å². The van der Waals surface area contributed by atoms with E-state index in [1.807, 2.05) is 0 Å². The number of hydrogen-bond donors (Lipinski definition) is 0. The van der Waals surface area contributed by atoms with Crippen molar-refractivity contribution in [3.05, 3.63) is 0 Å². The molecule has 0 radical (unpaired) electrons. The third-order valence-corrected chi connectivity index (χ3v) is 12.1. The molecule has 0 amide bonds. The van der Waals surface area contributed by atoms with Crippen LogP contribution in [0.15, 0.2) is 0 Å². The Bertz CT molecular complexity index is 714. The van der Waals surface area contributed by atoms with E-state index in [2.05, 4.69) is 34.6 Å². The van der Waals surface area contributed by atoms with Gasteiger partial charge in [0.1, 0.15) is 5.60 Å². The molecule has 4 saturated carbocycles. The number of esters is 1. The van der Waals surface area contributed by atoms with Crippen LogP contribution in [-0.4, -0.2) is 11.6 Å². The van der Waals surface area contributed by atoms with Gasteiger partial charge in [-0.25, -0.2) is 0 Å². The smallest absolute Gasteiger partial charge is 0.306 e. The third kappa shape index (κ3) is 3.69. The SMILES string of the molecule is CC(C)CCC[C@@H](C)[C@H]1CC[C@H]2[C@@H]3CC[C@H]4C[C@@]5(CCC(=O)O5)CC[C@]4(C)[C@H]3CC[C@]12C. The molecule has 1 saturated heterocycles. The van der Waals surface area contributed by atoms with Crippen LogP contribution in [0.25, 0.3) is 0 Å². The second kappa shape index (κ2) is 8.30. The van der Waals surface area contributed by atoms with Gasteiger partial charge in [-0.2, -0.15) is 0 Å². The summed E-state index contributed by atoms with van der Waals surface area (Å²) >= 11 is 0. The third-order valence-electron chi connectivity index (χ3n) is 12.1. The molecule has 0 unspecified atom stereocenters. The van der Waals surface area contributed by atoms with Crippen LogP contribution in [-0.2, 0) is 9.53 Å². The van der Waals surface area contributed by atoms with E-state index < -0.39 is 0 Å². The number of rotatable bonds is 5. The van der Waals surface area contributed by atoms with Crippen LogP contribution in [0.2, 0.25) is 0 Å². The van der Waals surface area contributed by atoms with Crippen molar-refractivity contribution in [1.29, 1.82) is 0 Å². The van der Waals surface area contributed by atoms with Crippen LogP contribution >= 0.6 is 0 Å². The number of carbonyl (C=O) groups is 1. The van der Waals surface area contributed by atoms with E-state index in [0.717, 1.165) is 60.7 Å². The fourth-order valence-corrected chi connectivity index (χ4v) is 10.3. The Balaban J connectivity index is 1.28. The van der Waals surface area contributed by atoms with Crippen molar-refractivity contribution in [2.45, 2.75) is 130 Å². The molecule has 5 aliphatic rings. The number of fused-ring (bicyclic) bond motifs is 5. The highest BCUT2D eigenvalue weighted by atomic mass is 16.6. The Morgan fingerprint density at radius 3 is 2.38 bits per heavy atom. The Kier molecular flexibility index (Phi) is 6.02. The van der Waals surface area contributed by atoms with Gasteiger partial charge in [-0.05, 0) is 116 Å². The zero-order chi connectivity index (χ0) is 22.7. The van der Waals surface area contributed by atoms with Crippen LogP contribution in [0.1, 0.15) is 125 Å². The number of hydrogen-bond acceptors (Lipinski definition) is 2. The summed E-state index contributed by atoms with van der Waals surface area (Å²) in [7, 11) is 0. The van der Waals surface area contributed by atoms with Crippen molar-refractivity contribution in [2.24, 2.45) is 52.3 Å². The van der Waals surface area contributed by atoms with Crippen molar-refractivity contribution in [1.82, 2.24) is 0 Å². The van der Waals surface area contributed by atoms with Gasteiger partial charge in [0.15, 0.2) is 0 Å².